The molecule has 146 valence electrons. The number of hydrogen-bond acceptors (Lipinski definition) is 7. The van der Waals surface area contributed by atoms with Gasteiger partial charge in [0, 0.05) is 0 Å². The molecular formula is C18H24N3O5P. The van der Waals surface area contributed by atoms with E-state index in [2.05, 4.69) is 5.09 Å². The Labute approximate surface area is 158 Å². The lowest BCUT2D eigenvalue weighted by Gasteiger charge is -2.24. The van der Waals surface area contributed by atoms with E-state index in [9.17, 15) is 9.36 Å². The van der Waals surface area contributed by atoms with Crippen LogP contribution in [0.1, 0.15) is 20.8 Å². The lowest BCUT2D eigenvalue weighted by Crippen LogP contribution is -2.37. The monoisotopic (exact) mass is 393 g/mol. The number of carbonyl (C=O) groups excluding carboxylic acids is 1. The average Bonchev–Trinajstić information content (AvgIpc) is 2.58. The number of hydrogen-bond donors (Lipinski definition) is 3. The fourth-order valence-electron chi connectivity index (χ4n) is 2.11. The van der Waals surface area contributed by atoms with E-state index in [0.29, 0.717) is 0 Å². The van der Waals surface area contributed by atoms with Crippen LogP contribution < -0.4 is 25.6 Å². The smallest absolute Gasteiger partial charge is 0.462 e. The Morgan fingerprint density at radius 2 is 1.56 bits per heavy atom. The molecule has 0 heterocycles. The molecule has 0 bridgehead atoms. The van der Waals surface area contributed by atoms with Crippen LogP contribution in [0.3, 0.4) is 0 Å². The predicted octanol–water partition coefficient (Wildman–Crippen LogP) is 3.35. The van der Waals surface area contributed by atoms with E-state index in [-0.39, 0.29) is 29.0 Å². The number of para-hydroxylation sites is 2. The topological polar surface area (TPSA) is 126 Å². The van der Waals surface area contributed by atoms with Gasteiger partial charge in [0.05, 0.1) is 17.5 Å². The Morgan fingerprint density at radius 3 is 2.11 bits per heavy atom. The Kier molecular flexibility index (Phi) is 6.71. The first-order chi connectivity index (χ1) is 12.7. The maximum Gasteiger partial charge on any atom is 0.513 e. The van der Waals surface area contributed by atoms with Gasteiger partial charge in [-0.25, -0.2) is 4.57 Å². The molecule has 0 saturated carbocycles. The minimum absolute atomic E-state index is 0.00805. The average molecular weight is 393 g/mol. The van der Waals surface area contributed by atoms with Gasteiger partial charge in [-0.05, 0) is 45.0 Å². The zero-order valence-electron chi connectivity index (χ0n) is 15.4. The van der Waals surface area contributed by atoms with E-state index in [1.165, 1.54) is 6.92 Å². The molecule has 0 radical (unpaired) electrons. The Balaban J connectivity index is 2.30. The van der Waals surface area contributed by atoms with Crippen LogP contribution in [-0.4, -0.2) is 18.1 Å². The highest BCUT2D eigenvalue weighted by molar-refractivity contribution is 7.52. The van der Waals surface area contributed by atoms with E-state index in [1.807, 2.05) is 0 Å². The van der Waals surface area contributed by atoms with Gasteiger partial charge >= 0.3 is 13.7 Å². The van der Waals surface area contributed by atoms with Crippen molar-refractivity contribution in [3.63, 3.8) is 0 Å². The second kappa shape index (κ2) is 8.79. The summed E-state index contributed by atoms with van der Waals surface area (Å²) in [5.74, 6) is -0.306. The van der Waals surface area contributed by atoms with Gasteiger partial charge in [0.2, 0.25) is 0 Å². The fourth-order valence-corrected chi connectivity index (χ4v) is 3.69. The van der Waals surface area contributed by atoms with Gasteiger partial charge in [-0.3, -0.25) is 4.79 Å². The van der Waals surface area contributed by atoms with Gasteiger partial charge in [-0.1, -0.05) is 24.3 Å². The van der Waals surface area contributed by atoms with Crippen LogP contribution in [0.5, 0.6) is 11.5 Å². The van der Waals surface area contributed by atoms with Crippen molar-refractivity contribution in [3.8, 4) is 11.5 Å². The number of nitrogens with one attached hydrogen (secondary N) is 1. The zero-order valence-corrected chi connectivity index (χ0v) is 16.3. The van der Waals surface area contributed by atoms with Crippen LogP contribution in [0.4, 0.5) is 11.4 Å². The Hall–Kier alpha value is -2.70. The van der Waals surface area contributed by atoms with Crippen LogP contribution in [0.15, 0.2) is 48.5 Å². The van der Waals surface area contributed by atoms with E-state index < -0.39 is 19.8 Å². The summed E-state index contributed by atoms with van der Waals surface area (Å²) in [6, 6.07) is 12.2. The molecule has 2 rings (SSSR count). The first kappa shape index (κ1) is 20.6. The minimum Gasteiger partial charge on any atom is -0.462 e. The number of carbonyl (C=O) groups is 1. The highest BCUT2D eigenvalue weighted by atomic mass is 31.2. The summed E-state index contributed by atoms with van der Waals surface area (Å²) in [5, 5.41) is 2.58. The highest BCUT2D eigenvalue weighted by Crippen LogP contribution is 2.48. The fraction of sp³-hybridized carbons (Fsp3) is 0.278. The van der Waals surface area contributed by atoms with Gasteiger partial charge in [-0.2, -0.15) is 5.09 Å². The summed E-state index contributed by atoms with van der Waals surface area (Å²) >= 11 is 0. The van der Waals surface area contributed by atoms with Crippen molar-refractivity contribution in [2.24, 2.45) is 0 Å². The maximum absolute atomic E-state index is 13.4. The quantitative estimate of drug-likeness (QED) is 0.354. The van der Waals surface area contributed by atoms with Crippen molar-refractivity contribution in [1.29, 1.82) is 0 Å². The van der Waals surface area contributed by atoms with Gasteiger partial charge < -0.3 is 25.3 Å². The number of benzene rings is 2. The summed E-state index contributed by atoms with van der Waals surface area (Å²) < 4.78 is 29.6. The summed E-state index contributed by atoms with van der Waals surface area (Å²) in [6.07, 6.45) is -0.322. The molecule has 27 heavy (non-hydrogen) atoms. The molecule has 5 N–H and O–H groups in total. The first-order valence-electron chi connectivity index (χ1n) is 8.36. The van der Waals surface area contributed by atoms with Crippen molar-refractivity contribution in [2.75, 3.05) is 11.5 Å². The summed E-state index contributed by atoms with van der Waals surface area (Å²) in [6.45, 7) is 4.92. The zero-order chi connectivity index (χ0) is 20.0. The van der Waals surface area contributed by atoms with Crippen molar-refractivity contribution in [3.05, 3.63) is 48.5 Å². The minimum atomic E-state index is -4.08. The number of anilines is 2. The molecule has 2 aromatic rings. The number of nitrogen functional groups attached to an aromatic ring is 2. The molecule has 9 heteroatoms. The van der Waals surface area contributed by atoms with Gasteiger partial charge in [0.25, 0.3) is 0 Å². The normalized spacial score (nSPS) is 14.2. The predicted molar refractivity (Wildman–Crippen MR) is 104 cm³/mol. The van der Waals surface area contributed by atoms with Gasteiger partial charge in [0.15, 0.2) is 5.75 Å². The molecule has 0 aliphatic heterocycles. The number of esters is 1. The van der Waals surface area contributed by atoms with Crippen LogP contribution in [0, 0.1) is 0 Å². The van der Waals surface area contributed by atoms with Crippen molar-refractivity contribution < 1.29 is 23.1 Å². The molecule has 0 saturated heterocycles. The van der Waals surface area contributed by atoms with Crippen LogP contribution >= 0.6 is 7.75 Å². The lowest BCUT2D eigenvalue weighted by atomic mass is 10.2. The second-order valence-corrected chi connectivity index (χ2v) is 7.71. The summed E-state index contributed by atoms with van der Waals surface area (Å²) in [5.41, 5.74) is 12.1. The number of nitrogens with two attached hydrogens (primary N) is 2. The lowest BCUT2D eigenvalue weighted by molar-refractivity contribution is -0.149. The van der Waals surface area contributed by atoms with E-state index >= 15 is 0 Å². The molecule has 0 aromatic heterocycles. The summed E-state index contributed by atoms with van der Waals surface area (Å²) in [4.78, 5) is 12.1. The summed E-state index contributed by atoms with van der Waals surface area (Å²) in [7, 11) is -4.08. The largest absolute Gasteiger partial charge is 0.513 e. The van der Waals surface area contributed by atoms with Crippen molar-refractivity contribution in [2.45, 2.75) is 32.9 Å². The molecule has 2 atom stereocenters. The maximum atomic E-state index is 13.4. The molecule has 8 nitrogen and oxygen atoms in total. The van der Waals surface area contributed by atoms with Crippen LogP contribution in [-0.2, 0) is 14.1 Å². The molecule has 0 spiro atoms. The number of ether oxygens (including phenoxy) is 1. The molecule has 0 fully saturated rings. The Morgan fingerprint density at radius 1 is 0.963 bits per heavy atom. The van der Waals surface area contributed by atoms with Crippen molar-refractivity contribution >= 4 is 25.1 Å². The highest BCUT2D eigenvalue weighted by Gasteiger charge is 2.35. The van der Waals surface area contributed by atoms with Crippen LogP contribution in [0.25, 0.3) is 0 Å². The third kappa shape index (κ3) is 5.91. The van der Waals surface area contributed by atoms with E-state index in [4.69, 9.17) is 25.3 Å². The SMILES string of the molecule is CC(C)OC(=O)[C@H](C)NP(=O)(Oc1ccccc1)Oc1c(N)cccc1N. The third-order valence-electron chi connectivity index (χ3n) is 3.31. The van der Waals surface area contributed by atoms with E-state index in [1.54, 1.807) is 62.4 Å². The van der Waals surface area contributed by atoms with Crippen molar-refractivity contribution in [1.82, 2.24) is 5.09 Å². The number of rotatable bonds is 8. The molecule has 1 unspecified atom stereocenters. The van der Waals surface area contributed by atoms with Gasteiger partial charge in [-0.15, -0.1) is 0 Å². The first-order valence-corrected chi connectivity index (χ1v) is 9.91. The van der Waals surface area contributed by atoms with Crippen LogP contribution in [0.2, 0.25) is 0 Å². The molecule has 2 aromatic carbocycles. The second-order valence-electron chi connectivity index (χ2n) is 6.10. The third-order valence-corrected chi connectivity index (χ3v) is 4.89. The Bertz CT molecular complexity index is 809. The van der Waals surface area contributed by atoms with E-state index in [0.717, 1.165) is 0 Å². The molecule has 0 amide bonds. The standard InChI is InChI=1S/C18H24N3O5P/c1-12(2)24-18(22)13(3)21-27(23,25-14-8-5-4-6-9-14)26-17-15(19)10-7-11-16(17)20/h4-13H,19-20H2,1-3H3,(H,21,23)/t13-,27?/m0/s1. The molecular weight excluding hydrogens is 369 g/mol. The van der Waals surface area contributed by atoms with Gasteiger partial charge in [0.1, 0.15) is 11.8 Å². The molecule has 0 aliphatic carbocycles. The molecule has 0 aliphatic rings.